The van der Waals surface area contributed by atoms with Crippen LogP contribution in [0.15, 0.2) is 61.1 Å². The van der Waals surface area contributed by atoms with E-state index in [0.29, 0.717) is 45.4 Å². The Labute approximate surface area is 407 Å². The number of carbonyl (C=O) groups excluding carboxylic acids is 3. The Balaban J connectivity index is 1.11. The van der Waals surface area contributed by atoms with Gasteiger partial charge in [0.25, 0.3) is 0 Å². The van der Waals surface area contributed by atoms with Crippen LogP contribution in [0.1, 0.15) is 81.2 Å². The molecule has 3 fully saturated rings. The first kappa shape index (κ1) is 52.7. The van der Waals surface area contributed by atoms with Gasteiger partial charge in [-0.05, 0) is 95.9 Å². The summed E-state index contributed by atoms with van der Waals surface area (Å²) >= 11 is 0. The molecular weight excluding hydrogens is 940 g/mol. The number of nitrogens with one attached hydrogen (secondary N) is 2. The maximum absolute atomic E-state index is 15.5. The molecule has 21 heteroatoms. The maximum Gasteiger partial charge on any atom is 0.407 e. The van der Waals surface area contributed by atoms with Crippen LogP contribution in [0.25, 0.3) is 11.3 Å². The van der Waals surface area contributed by atoms with Crippen LogP contribution in [0.2, 0.25) is 0 Å². The number of piperazine rings is 1. The van der Waals surface area contributed by atoms with E-state index < -0.39 is 84.2 Å². The van der Waals surface area contributed by atoms with Crippen molar-refractivity contribution in [1.82, 2.24) is 40.2 Å². The summed E-state index contributed by atoms with van der Waals surface area (Å²) in [6, 6.07) is 9.41. The van der Waals surface area contributed by atoms with Gasteiger partial charge in [-0.15, -0.1) is 0 Å². The zero-order valence-electron chi connectivity index (χ0n) is 40.1. The van der Waals surface area contributed by atoms with Gasteiger partial charge in [0.05, 0.1) is 30.3 Å². The largest absolute Gasteiger partial charge is 0.460 e. The lowest BCUT2D eigenvalue weighted by Gasteiger charge is -2.48. The minimum atomic E-state index is -4.98. The molecule has 7 rings (SSSR count). The molecule has 2 aromatic heterocycles. The van der Waals surface area contributed by atoms with Crippen molar-refractivity contribution < 1.29 is 54.6 Å². The summed E-state index contributed by atoms with van der Waals surface area (Å²) in [6.07, 6.45) is 2.26. The number of esters is 1. The molecule has 3 aliphatic rings. The summed E-state index contributed by atoms with van der Waals surface area (Å²) < 4.78 is 112. The van der Waals surface area contributed by atoms with Gasteiger partial charge in [-0.25, -0.2) is 28.2 Å². The molecule has 1 aliphatic carbocycles. The number of Topliss-reactive ketones (excluding diaryl/α,β-unsaturated/α-hetero) is 1. The number of hydrogen-bond acceptors (Lipinski definition) is 12. The fourth-order valence-electron chi connectivity index (χ4n) is 9.44. The Morgan fingerprint density at radius 3 is 2.08 bits per heavy atom. The van der Waals surface area contributed by atoms with E-state index in [1.54, 1.807) is 50.8 Å². The molecule has 2 aromatic carbocycles. The number of halogens is 7. The predicted molar refractivity (Wildman–Crippen MR) is 248 cm³/mol. The molecule has 2 saturated heterocycles. The lowest BCUT2D eigenvalue weighted by molar-refractivity contribution is -0.220. The van der Waals surface area contributed by atoms with Crippen LogP contribution >= 0.6 is 0 Å². The van der Waals surface area contributed by atoms with E-state index in [4.69, 9.17) is 4.74 Å². The van der Waals surface area contributed by atoms with Crippen molar-refractivity contribution in [2.45, 2.75) is 108 Å². The summed E-state index contributed by atoms with van der Waals surface area (Å²) in [6.45, 7) is -0.757. The van der Waals surface area contributed by atoms with Gasteiger partial charge in [0.1, 0.15) is 23.8 Å². The number of alkyl halides is 5. The molecular formula is C50H58F7N9O5. The van der Waals surface area contributed by atoms with Crippen LogP contribution in [0.4, 0.5) is 41.5 Å². The molecule has 2 N–H and O–H groups in total. The van der Waals surface area contributed by atoms with Crippen LogP contribution in [0.3, 0.4) is 0 Å². The fourth-order valence-corrected chi connectivity index (χ4v) is 9.44. The van der Waals surface area contributed by atoms with Crippen LogP contribution in [-0.4, -0.2) is 131 Å². The summed E-state index contributed by atoms with van der Waals surface area (Å²) in [7, 11) is 4.13. The van der Waals surface area contributed by atoms with Crippen molar-refractivity contribution in [1.29, 1.82) is 0 Å². The highest BCUT2D eigenvalue weighted by Crippen LogP contribution is 2.42. The van der Waals surface area contributed by atoms with E-state index in [2.05, 4.69) is 46.8 Å². The summed E-state index contributed by atoms with van der Waals surface area (Å²) in [5.41, 5.74) is -1.73. The molecule has 71 heavy (non-hydrogen) atoms. The molecule has 1 amide bonds. The third-order valence-electron chi connectivity index (χ3n) is 13.6. The first-order valence-corrected chi connectivity index (χ1v) is 23.5. The van der Waals surface area contributed by atoms with Gasteiger partial charge in [0.2, 0.25) is 5.95 Å². The van der Waals surface area contributed by atoms with Gasteiger partial charge in [-0.3, -0.25) is 19.4 Å². The zero-order chi connectivity index (χ0) is 51.2. The number of alkyl carbamates (subject to hydrolysis) is 1. The molecule has 0 spiro atoms. The molecule has 382 valence electrons. The second kappa shape index (κ2) is 22.5. The number of amides is 1. The first-order chi connectivity index (χ1) is 33.7. The number of hydrogen-bond donors (Lipinski definition) is 2. The average Bonchev–Trinajstić information content (AvgIpc) is 3.89. The maximum atomic E-state index is 15.5. The van der Waals surface area contributed by atoms with Crippen LogP contribution in [0, 0.1) is 34.8 Å². The smallest absolute Gasteiger partial charge is 0.407 e. The minimum Gasteiger partial charge on any atom is -0.460 e. The van der Waals surface area contributed by atoms with E-state index in [9.17, 15) is 36.3 Å². The van der Waals surface area contributed by atoms with Gasteiger partial charge in [-0.2, -0.15) is 27.1 Å². The number of rotatable bonds is 19. The number of nitrogens with zero attached hydrogens (tertiary/aromatic N) is 7. The third kappa shape index (κ3) is 12.9. The average molecular weight is 998 g/mol. The molecule has 5 atom stereocenters. The third-order valence-corrected chi connectivity index (χ3v) is 13.6. The lowest BCUT2D eigenvalue weighted by Crippen LogP contribution is -2.59. The monoisotopic (exact) mass is 997 g/mol. The molecule has 2 bridgehead atoms. The Hall–Kier alpha value is -6.11. The van der Waals surface area contributed by atoms with Gasteiger partial charge >= 0.3 is 24.8 Å². The number of ether oxygens (including phenoxy) is 2. The fraction of sp³-hybridized carbons (Fsp3) is 0.520. The number of aromatic nitrogens is 4. The van der Waals surface area contributed by atoms with Crippen LogP contribution in [0.5, 0.6) is 0 Å². The topological polar surface area (TPSA) is 147 Å². The Kier molecular flexibility index (Phi) is 16.7. The van der Waals surface area contributed by atoms with E-state index >= 15 is 8.78 Å². The predicted octanol–water partition coefficient (Wildman–Crippen LogP) is 7.31. The molecule has 4 heterocycles. The molecule has 4 aromatic rings. The summed E-state index contributed by atoms with van der Waals surface area (Å²) in [5, 5.41) is 8.56. The second-order valence-electron chi connectivity index (χ2n) is 19.2. The Morgan fingerprint density at radius 2 is 1.54 bits per heavy atom. The minimum absolute atomic E-state index is 0.0625. The number of carbonyl (C=O) groups is 3. The molecule has 1 saturated carbocycles. The highest BCUT2D eigenvalue weighted by molar-refractivity contribution is 5.88. The molecule has 2 aliphatic heterocycles. The van der Waals surface area contributed by atoms with Gasteiger partial charge in [0, 0.05) is 91.9 Å². The quantitative estimate of drug-likeness (QED) is 0.0552. The first-order valence-electron chi connectivity index (χ1n) is 23.5. The molecule has 2 unspecified atom stereocenters. The SMILES string of the molecule is COC(=O)N[C@H](C(=O)C[C@@H](Cc1ccc(C#Cc2cnc(N3CC4CCC(C3)N4C3CCC3)nc2)cc1)[C@H](CNCc1c(F)cc(-c2ccn(C(F)F)n2)cc1F)OC(=O)CN(C)C)C(C)(C)C(F)(F)F. The molecule has 14 nitrogen and oxygen atoms in total. The number of anilines is 1. The second-order valence-corrected chi connectivity index (χ2v) is 19.2. The van der Waals surface area contributed by atoms with E-state index in [0.717, 1.165) is 52.4 Å². The number of methoxy groups -OCH3 is 1. The van der Waals surface area contributed by atoms with Gasteiger partial charge in [-0.1, -0.05) is 30.4 Å². The van der Waals surface area contributed by atoms with Crippen molar-refractivity contribution in [2.24, 2.45) is 11.3 Å². The van der Waals surface area contributed by atoms with Gasteiger partial charge < -0.3 is 25.0 Å². The van der Waals surface area contributed by atoms with Crippen molar-refractivity contribution >= 4 is 23.8 Å². The standard InChI is InChI=1S/C50H58F7N9O5/c1-49(2,50(55,56)57)45(61-48(69)70-5)42(67)22-34(43(71-44(68)29-63(3)4)26-58-25-38-39(51)20-33(21-40(38)52)41-17-18-65(62-41)46(53)54)19-31-12-9-30(10-13-31)11-14-32-23-59-47(60-24-32)64-27-36-15-16-37(28-64)66(36)35-7-6-8-35/h9-10,12-13,17-18,20-21,23-24,34-37,43,45-46,58H,6-8,15-16,19,22,25-29H2,1-5H3,(H,61,69)/t34-,36?,37?,43+,45-/m1/s1. The number of benzene rings is 2. The number of likely N-dealkylation sites (N-methyl/N-ethyl adjacent to an activating group) is 1. The summed E-state index contributed by atoms with van der Waals surface area (Å²) in [4.78, 5) is 55.6. The normalized spacial score (nSPS) is 18.6. The van der Waals surface area contributed by atoms with Crippen LogP contribution < -0.4 is 15.5 Å². The zero-order valence-corrected chi connectivity index (χ0v) is 40.1. The van der Waals surface area contributed by atoms with Crippen molar-refractivity contribution in [3.8, 4) is 23.1 Å². The Morgan fingerprint density at radius 1 is 0.901 bits per heavy atom. The lowest BCUT2D eigenvalue weighted by atomic mass is 9.77. The Bertz CT molecular complexity index is 2520. The van der Waals surface area contributed by atoms with Crippen molar-refractivity contribution in [2.75, 3.05) is 52.3 Å². The van der Waals surface area contributed by atoms with Crippen molar-refractivity contribution in [3.05, 3.63) is 94.9 Å². The highest BCUT2D eigenvalue weighted by Gasteiger charge is 2.55. The van der Waals surface area contributed by atoms with Crippen LogP contribution in [-0.2, 0) is 32.0 Å². The number of ketones is 1. The number of fused-ring (bicyclic) bond motifs is 2. The van der Waals surface area contributed by atoms with Crippen molar-refractivity contribution in [3.63, 3.8) is 0 Å². The van der Waals surface area contributed by atoms with E-state index in [-0.39, 0.29) is 30.8 Å². The van der Waals surface area contributed by atoms with E-state index in [1.165, 1.54) is 43.1 Å². The highest BCUT2D eigenvalue weighted by atomic mass is 19.4. The molecule has 0 radical (unpaired) electrons. The van der Waals surface area contributed by atoms with Gasteiger partial charge in [0.15, 0.2) is 5.78 Å². The van der Waals surface area contributed by atoms with E-state index in [1.807, 2.05) is 5.32 Å². The summed E-state index contributed by atoms with van der Waals surface area (Å²) in [5.74, 6) is 1.83.